The smallest absolute Gasteiger partial charge is 0.338 e. The van der Waals surface area contributed by atoms with E-state index >= 15 is 0 Å². The predicted molar refractivity (Wildman–Crippen MR) is 70.2 cm³/mol. The van der Waals surface area contributed by atoms with Crippen LogP contribution in [0.2, 0.25) is 0 Å². The highest BCUT2D eigenvalue weighted by molar-refractivity contribution is 5.88. The normalized spacial score (nSPS) is 18.5. The largest absolute Gasteiger partial charge is 0.478 e. The quantitative estimate of drug-likeness (QED) is 0.890. The molecule has 0 spiro atoms. The Bertz CT molecular complexity index is 458. The van der Waals surface area contributed by atoms with E-state index in [0.29, 0.717) is 12.2 Å². The number of carbonyl (C=O) groups is 1. The van der Waals surface area contributed by atoms with Crippen molar-refractivity contribution in [3.05, 3.63) is 29.6 Å². The number of halogens is 1. The van der Waals surface area contributed by atoms with Crippen LogP contribution in [0.3, 0.4) is 0 Å². The zero-order valence-electron chi connectivity index (χ0n) is 10.9. The molecule has 0 radical (unpaired) electrons. The van der Waals surface area contributed by atoms with Crippen molar-refractivity contribution in [1.29, 1.82) is 0 Å². The monoisotopic (exact) mass is 267 g/mol. The van der Waals surface area contributed by atoms with Crippen LogP contribution in [-0.2, 0) is 4.74 Å². The maximum atomic E-state index is 13.7. The lowest BCUT2D eigenvalue weighted by molar-refractivity contribution is 0.0692. The number of ether oxygens (including phenoxy) is 1. The number of likely N-dealkylation sites (N-methyl/N-ethyl adjacent to an activating group) is 1. The highest BCUT2D eigenvalue weighted by Crippen LogP contribution is 2.21. The first-order chi connectivity index (χ1) is 9.11. The maximum Gasteiger partial charge on any atom is 0.338 e. The molecule has 0 saturated carbocycles. The van der Waals surface area contributed by atoms with E-state index in [9.17, 15) is 9.18 Å². The van der Waals surface area contributed by atoms with Gasteiger partial charge < -0.3 is 14.7 Å². The Hall–Kier alpha value is -1.62. The molecule has 2 rings (SSSR count). The Morgan fingerprint density at radius 2 is 2.37 bits per heavy atom. The van der Waals surface area contributed by atoms with Gasteiger partial charge in [0.2, 0.25) is 0 Å². The molecule has 0 amide bonds. The second kappa shape index (κ2) is 6.02. The summed E-state index contributed by atoms with van der Waals surface area (Å²) in [6.45, 7) is 4.21. The van der Waals surface area contributed by atoms with Crippen LogP contribution in [0.4, 0.5) is 10.1 Å². The number of nitrogens with zero attached hydrogens (tertiary/aromatic N) is 1. The highest BCUT2D eigenvalue weighted by atomic mass is 19.1. The molecule has 0 bridgehead atoms. The topological polar surface area (TPSA) is 49.8 Å². The molecule has 4 nitrogen and oxygen atoms in total. The van der Waals surface area contributed by atoms with Gasteiger partial charge in [0.25, 0.3) is 0 Å². The van der Waals surface area contributed by atoms with Crippen LogP contribution in [0.5, 0.6) is 0 Å². The Morgan fingerprint density at radius 1 is 1.58 bits per heavy atom. The van der Waals surface area contributed by atoms with Gasteiger partial charge in [-0.15, -0.1) is 0 Å². The minimum atomic E-state index is -1.24. The maximum absolute atomic E-state index is 13.7. The molecule has 1 saturated heterocycles. The first-order valence-electron chi connectivity index (χ1n) is 6.51. The van der Waals surface area contributed by atoms with Crippen molar-refractivity contribution in [2.24, 2.45) is 0 Å². The lowest BCUT2D eigenvalue weighted by Gasteiger charge is -2.26. The molecule has 1 aliphatic heterocycles. The van der Waals surface area contributed by atoms with Crippen LogP contribution in [0, 0.1) is 5.82 Å². The van der Waals surface area contributed by atoms with Crippen molar-refractivity contribution >= 4 is 11.7 Å². The lowest BCUT2D eigenvalue weighted by atomic mass is 10.1. The van der Waals surface area contributed by atoms with Crippen LogP contribution < -0.4 is 4.90 Å². The third kappa shape index (κ3) is 3.23. The van der Waals surface area contributed by atoms with Gasteiger partial charge in [0, 0.05) is 25.4 Å². The van der Waals surface area contributed by atoms with E-state index in [4.69, 9.17) is 9.84 Å². The third-order valence-electron chi connectivity index (χ3n) is 3.38. The SMILES string of the molecule is CCN(CC1CCCO1)c1ccc(C(=O)O)c(F)c1. The fraction of sp³-hybridized carbons (Fsp3) is 0.500. The summed E-state index contributed by atoms with van der Waals surface area (Å²) in [5.74, 6) is -1.94. The van der Waals surface area contributed by atoms with Gasteiger partial charge in [-0.2, -0.15) is 0 Å². The van der Waals surface area contributed by atoms with Crippen LogP contribution in [0.15, 0.2) is 18.2 Å². The molecular weight excluding hydrogens is 249 g/mol. The molecule has 104 valence electrons. The number of carboxylic acid groups (broad SMARTS) is 1. The van der Waals surface area contributed by atoms with Gasteiger partial charge in [0.05, 0.1) is 11.7 Å². The molecule has 1 aliphatic rings. The van der Waals surface area contributed by atoms with Crippen LogP contribution in [0.1, 0.15) is 30.1 Å². The molecule has 1 unspecified atom stereocenters. The third-order valence-corrected chi connectivity index (χ3v) is 3.38. The predicted octanol–water partition coefficient (Wildman–Crippen LogP) is 2.53. The van der Waals surface area contributed by atoms with Crippen molar-refractivity contribution in [2.75, 3.05) is 24.6 Å². The first-order valence-corrected chi connectivity index (χ1v) is 6.51. The van der Waals surface area contributed by atoms with Gasteiger partial charge >= 0.3 is 5.97 Å². The second-order valence-electron chi connectivity index (χ2n) is 4.64. The lowest BCUT2D eigenvalue weighted by Crippen LogP contribution is -2.32. The summed E-state index contributed by atoms with van der Waals surface area (Å²) < 4.78 is 19.2. The van der Waals surface area contributed by atoms with E-state index in [1.165, 1.54) is 12.1 Å². The van der Waals surface area contributed by atoms with Gasteiger partial charge in [0.15, 0.2) is 0 Å². The van der Waals surface area contributed by atoms with E-state index in [-0.39, 0.29) is 11.7 Å². The second-order valence-corrected chi connectivity index (χ2v) is 4.64. The Kier molecular flexibility index (Phi) is 4.37. The van der Waals surface area contributed by atoms with Crippen LogP contribution in [0.25, 0.3) is 0 Å². The van der Waals surface area contributed by atoms with Gasteiger partial charge in [-0.25, -0.2) is 9.18 Å². The number of carboxylic acids is 1. The Labute approximate surface area is 111 Å². The van der Waals surface area contributed by atoms with Gasteiger partial charge in [0.1, 0.15) is 5.82 Å². The molecule has 1 N–H and O–H groups in total. The summed E-state index contributed by atoms with van der Waals surface area (Å²) in [4.78, 5) is 12.8. The molecule has 1 aromatic carbocycles. The number of hydrogen-bond acceptors (Lipinski definition) is 3. The van der Waals surface area contributed by atoms with Gasteiger partial charge in [-0.05, 0) is 38.0 Å². The molecular formula is C14H18FNO3. The molecule has 1 atom stereocenters. The molecule has 1 aromatic rings. The molecule has 1 heterocycles. The van der Waals surface area contributed by atoms with E-state index in [0.717, 1.165) is 26.0 Å². The molecule has 1 fully saturated rings. The summed E-state index contributed by atoms with van der Waals surface area (Å²) >= 11 is 0. The van der Waals surface area contributed by atoms with Crippen molar-refractivity contribution in [1.82, 2.24) is 0 Å². The first kappa shape index (κ1) is 13.8. The van der Waals surface area contributed by atoms with E-state index in [1.807, 2.05) is 11.8 Å². The van der Waals surface area contributed by atoms with Crippen molar-refractivity contribution in [3.8, 4) is 0 Å². The zero-order chi connectivity index (χ0) is 13.8. The number of aromatic carboxylic acids is 1. The fourth-order valence-corrected chi connectivity index (χ4v) is 2.33. The highest BCUT2D eigenvalue weighted by Gasteiger charge is 2.20. The van der Waals surface area contributed by atoms with E-state index < -0.39 is 11.8 Å². The number of hydrogen-bond donors (Lipinski definition) is 1. The van der Waals surface area contributed by atoms with Crippen molar-refractivity contribution < 1.29 is 19.0 Å². The van der Waals surface area contributed by atoms with Gasteiger partial charge in [-0.1, -0.05) is 0 Å². The van der Waals surface area contributed by atoms with Crippen molar-refractivity contribution in [2.45, 2.75) is 25.9 Å². The summed E-state index contributed by atoms with van der Waals surface area (Å²) in [6, 6.07) is 4.23. The minimum Gasteiger partial charge on any atom is -0.478 e. The number of benzene rings is 1. The summed E-state index contributed by atoms with van der Waals surface area (Å²) in [5.41, 5.74) is 0.400. The summed E-state index contributed by atoms with van der Waals surface area (Å²) in [5, 5.41) is 8.81. The summed E-state index contributed by atoms with van der Waals surface area (Å²) in [6.07, 6.45) is 2.27. The van der Waals surface area contributed by atoms with Gasteiger partial charge in [-0.3, -0.25) is 0 Å². The van der Waals surface area contributed by atoms with Crippen LogP contribution in [-0.4, -0.2) is 36.9 Å². The Morgan fingerprint density at radius 3 is 2.89 bits per heavy atom. The Balaban J connectivity index is 2.13. The number of rotatable bonds is 5. The average molecular weight is 267 g/mol. The molecule has 19 heavy (non-hydrogen) atoms. The number of anilines is 1. The molecule has 5 heteroatoms. The minimum absolute atomic E-state index is 0.183. The molecule has 0 aromatic heterocycles. The zero-order valence-corrected chi connectivity index (χ0v) is 10.9. The average Bonchev–Trinajstić information content (AvgIpc) is 2.88. The molecule has 0 aliphatic carbocycles. The van der Waals surface area contributed by atoms with E-state index in [2.05, 4.69) is 0 Å². The van der Waals surface area contributed by atoms with Crippen molar-refractivity contribution in [3.63, 3.8) is 0 Å². The fourth-order valence-electron chi connectivity index (χ4n) is 2.33. The van der Waals surface area contributed by atoms with E-state index in [1.54, 1.807) is 6.07 Å². The standard InChI is InChI=1S/C14H18FNO3/c1-2-16(9-11-4-3-7-19-11)10-5-6-12(14(17)18)13(15)8-10/h5-6,8,11H,2-4,7,9H2,1H3,(H,17,18). The summed E-state index contributed by atoms with van der Waals surface area (Å²) in [7, 11) is 0. The van der Waals surface area contributed by atoms with Crippen LogP contribution >= 0.6 is 0 Å².